The molecule has 0 aromatic heterocycles. The molecule has 4 aliphatic carbocycles. The molecular weight excluding hydrogens is 312 g/mol. The van der Waals surface area contributed by atoms with Crippen molar-refractivity contribution in [1.29, 1.82) is 0 Å². The highest BCUT2D eigenvalue weighted by molar-refractivity contribution is 6.23. The normalized spacial score (nSPS) is 42.5. The maximum absolute atomic E-state index is 12.9. The number of Topliss-reactive ketones (excluding diaryl/α,β-unsaturated/α-hetero) is 1. The van der Waals surface area contributed by atoms with E-state index in [1.165, 1.54) is 32.4 Å². The third-order valence-electron chi connectivity index (χ3n) is 8.30. The summed E-state index contributed by atoms with van der Waals surface area (Å²) in [5.41, 5.74) is 1.96. The van der Waals surface area contributed by atoms with Gasteiger partial charge in [-0.15, -0.1) is 0 Å². The van der Waals surface area contributed by atoms with Crippen LogP contribution in [0.3, 0.4) is 0 Å². The highest BCUT2D eigenvalue weighted by Gasteiger charge is 2.63. The number of allylic oxidation sites excluding steroid dienone is 3. The number of ketones is 2. The first-order valence-corrected chi connectivity index (χ1v) is 9.73. The molecule has 0 heterocycles. The van der Waals surface area contributed by atoms with E-state index in [9.17, 15) is 9.59 Å². The van der Waals surface area contributed by atoms with Crippen molar-refractivity contribution in [1.82, 2.24) is 0 Å². The zero-order valence-corrected chi connectivity index (χ0v) is 16.2. The van der Waals surface area contributed by atoms with Gasteiger partial charge in [0.15, 0.2) is 11.5 Å². The number of hydrogen-bond donors (Lipinski definition) is 0. The van der Waals surface area contributed by atoms with E-state index in [1.54, 1.807) is 0 Å². The van der Waals surface area contributed by atoms with Crippen molar-refractivity contribution < 1.29 is 14.3 Å². The van der Waals surface area contributed by atoms with Crippen LogP contribution in [0.25, 0.3) is 0 Å². The van der Waals surface area contributed by atoms with Crippen LogP contribution in [-0.2, 0) is 14.3 Å². The van der Waals surface area contributed by atoms with Crippen LogP contribution in [0.15, 0.2) is 23.0 Å². The summed E-state index contributed by atoms with van der Waals surface area (Å²) < 4.78 is 5.19. The molecule has 0 N–H and O–H groups in total. The second kappa shape index (κ2) is 5.08. The van der Waals surface area contributed by atoms with E-state index in [2.05, 4.69) is 27.7 Å². The van der Waals surface area contributed by atoms with E-state index < -0.39 is 0 Å². The van der Waals surface area contributed by atoms with Crippen molar-refractivity contribution in [2.45, 2.75) is 66.2 Å². The van der Waals surface area contributed by atoms with Gasteiger partial charge >= 0.3 is 0 Å². The predicted octanol–water partition coefficient (Wildman–Crippen LogP) is 4.62. The molecule has 0 amide bonds. The number of carbonyl (C=O) groups is 2. The van der Waals surface area contributed by atoms with Crippen molar-refractivity contribution >= 4 is 11.6 Å². The summed E-state index contributed by atoms with van der Waals surface area (Å²) in [6, 6.07) is 0. The van der Waals surface area contributed by atoms with Crippen LogP contribution in [0.5, 0.6) is 0 Å². The van der Waals surface area contributed by atoms with Crippen molar-refractivity contribution in [3.63, 3.8) is 0 Å². The lowest BCUT2D eigenvalue weighted by molar-refractivity contribution is -0.122. The Morgan fingerprint density at radius 3 is 2.44 bits per heavy atom. The largest absolute Gasteiger partial charge is 0.493 e. The summed E-state index contributed by atoms with van der Waals surface area (Å²) in [6.45, 7) is 9.53. The molecule has 25 heavy (non-hydrogen) atoms. The van der Waals surface area contributed by atoms with Gasteiger partial charge in [0.1, 0.15) is 0 Å². The lowest BCUT2D eigenvalue weighted by Gasteiger charge is -2.61. The summed E-state index contributed by atoms with van der Waals surface area (Å²) in [5, 5.41) is 0. The van der Waals surface area contributed by atoms with E-state index in [-0.39, 0.29) is 28.2 Å². The lowest BCUT2D eigenvalue weighted by atomic mass is 9.43. The Labute approximate surface area is 150 Å². The van der Waals surface area contributed by atoms with E-state index >= 15 is 0 Å². The van der Waals surface area contributed by atoms with Gasteiger partial charge in [0.25, 0.3) is 0 Å². The van der Waals surface area contributed by atoms with Gasteiger partial charge in [0.2, 0.25) is 5.78 Å². The second-order valence-corrected chi connectivity index (χ2v) is 9.87. The molecule has 2 fully saturated rings. The van der Waals surface area contributed by atoms with E-state index in [1.807, 2.05) is 0 Å². The van der Waals surface area contributed by atoms with Gasteiger partial charge in [0.05, 0.1) is 7.11 Å². The molecule has 0 saturated heterocycles. The van der Waals surface area contributed by atoms with Gasteiger partial charge in [-0.25, -0.2) is 0 Å². The fraction of sp³-hybridized carbons (Fsp3) is 0.727. The third-order valence-corrected chi connectivity index (χ3v) is 8.30. The number of fused-ring (bicyclic) bond motifs is 4. The topological polar surface area (TPSA) is 43.4 Å². The number of methoxy groups -OCH3 is 1. The van der Waals surface area contributed by atoms with Crippen molar-refractivity contribution in [2.24, 2.45) is 28.1 Å². The molecule has 0 aromatic rings. The van der Waals surface area contributed by atoms with Gasteiger partial charge in [-0.2, -0.15) is 0 Å². The highest BCUT2D eigenvalue weighted by atomic mass is 16.5. The maximum Gasteiger partial charge on any atom is 0.224 e. The number of carbonyl (C=O) groups excluding carboxylic acids is 2. The molecule has 0 spiro atoms. The Balaban J connectivity index is 1.79. The Morgan fingerprint density at radius 2 is 1.76 bits per heavy atom. The minimum Gasteiger partial charge on any atom is -0.493 e. The van der Waals surface area contributed by atoms with Crippen LogP contribution in [0.2, 0.25) is 0 Å². The number of ether oxygens (including phenoxy) is 1. The van der Waals surface area contributed by atoms with Gasteiger partial charge in [-0.1, -0.05) is 34.1 Å². The molecule has 4 rings (SSSR count). The van der Waals surface area contributed by atoms with Crippen LogP contribution in [0, 0.1) is 28.1 Å². The highest BCUT2D eigenvalue weighted by Crippen LogP contribution is 2.69. The van der Waals surface area contributed by atoms with E-state index in [0.29, 0.717) is 17.3 Å². The molecule has 0 bridgehead atoms. The molecule has 2 saturated carbocycles. The van der Waals surface area contributed by atoms with Gasteiger partial charge in [-0.05, 0) is 54.8 Å². The van der Waals surface area contributed by atoms with Gasteiger partial charge in [-0.3, -0.25) is 9.59 Å². The van der Waals surface area contributed by atoms with Gasteiger partial charge < -0.3 is 4.74 Å². The van der Waals surface area contributed by atoms with Crippen molar-refractivity contribution in [3.8, 4) is 0 Å². The van der Waals surface area contributed by atoms with Crippen LogP contribution < -0.4 is 0 Å². The fourth-order valence-corrected chi connectivity index (χ4v) is 7.25. The smallest absolute Gasteiger partial charge is 0.224 e. The summed E-state index contributed by atoms with van der Waals surface area (Å²) in [6.07, 6.45) is 8.12. The first-order valence-electron chi connectivity index (χ1n) is 9.73. The first kappa shape index (κ1) is 17.1. The Hall–Kier alpha value is -1.38. The SMILES string of the molecule is COC1=CC(=O)C2=C(C[C@@H]3[C@@]4(C)CCCC(C)(C)[C@@H]4CC[C@@]23C)C1=O. The molecule has 136 valence electrons. The van der Waals surface area contributed by atoms with Crippen LogP contribution in [0.1, 0.15) is 66.2 Å². The van der Waals surface area contributed by atoms with Crippen molar-refractivity contribution in [3.05, 3.63) is 23.0 Å². The minimum absolute atomic E-state index is 0.00793. The lowest BCUT2D eigenvalue weighted by Crippen LogP contribution is -2.54. The average Bonchev–Trinajstić information content (AvgIpc) is 2.85. The zero-order valence-electron chi connectivity index (χ0n) is 16.2. The maximum atomic E-state index is 12.9. The van der Waals surface area contributed by atoms with Crippen molar-refractivity contribution in [2.75, 3.05) is 7.11 Å². The second-order valence-electron chi connectivity index (χ2n) is 9.87. The molecule has 0 aliphatic heterocycles. The monoisotopic (exact) mass is 342 g/mol. The van der Waals surface area contributed by atoms with E-state index in [4.69, 9.17) is 4.74 Å². The van der Waals surface area contributed by atoms with Gasteiger partial charge in [0, 0.05) is 22.6 Å². The Morgan fingerprint density at radius 1 is 1.04 bits per heavy atom. The molecule has 4 atom stereocenters. The Bertz CT molecular complexity index is 726. The summed E-state index contributed by atoms with van der Waals surface area (Å²) in [5.74, 6) is 1.24. The molecule has 3 nitrogen and oxygen atoms in total. The molecule has 3 heteroatoms. The predicted molar refractivity (Wildman–Crippen MR) is 96.8 cm³/mol. The Kier molecular flexibility index (Phi) is 3.47. The summed E-state index contributed by atoms with van der Waals surface area (Å²) >= 11 is 0. The van der Waals surface area contributed by atoms with Crippen LogP contribution in [-0.4, -0.2) is 18.7 Å². The average molecular weight is 342 g/mol. The molecule has 4 aliphatic rings. The summed E-state index contributed by atoms with van der Waals surface area (Å²) in [4.78, 5) is 25.7. The van der Waals surface area contributed by atoms with E-state index in [0.717, 1.165) is 30.4 Å². The fourth-order valence-electron chi connectivity index (χ4n) is 7.25. The quantitative estimate of drug-likeness (QED) is 0.653. The third kappa shape index (κ3) is 2.04. The van der Waals surface area contributed by atoms with Crippen LogP contribution >= 0.6 is 0 Å². The molecule has 0 unspecified atom stereocenters. The minimum atomic E-state index is -0.156. The van der Waals surface area contributed by atoms with Crippen LogP contribution in [0.4, 0.5) is 0 Å². The number of rotatable bonds is 1. The standard InChI is InChI=1S/C22H30O3/c1-20(2)8-6-9-21(3)16(20)7-10-22(4)17(21)11-13-18(22)14(23)12-15(25-5)19(13)24/h12,16-17H,6-11H2,1-5H3/t16-,17+,21-,22+/m0/s1. The molecular formula is C22H30O3. The zero-order chi connectivity index (χ0) is 18.2. The molecule has 0 radical (unpaired) electrons. The molecule has 0 aromatic carbocycles. The summed E-state index contributed by atoms with van der Waals surface area (Å²) in [7, 11) is 1.48. The number of hydrogen-bond acceptors (Lipinski definition) is 3. The first-order chi connectivity index (χ1) is 11.6.